The quantitative estimate of drug-likeness (QED) is 0.670. The van der Waals surface area contributed by atoms with Crippen LogP contribution in [0.2, 0.25) is 0 Å². The van der Waals surface area contributed by atoms with Crippen LogP contribution in [0.1, 0.15) is 33.6 Å². The molecule has 1 fully saturated rings. The molecule has 138 valence electrons. The van der Waals surface area contributed by atoms with Gasteiger partial charge < -0.3 is 14.2 Å². The SMILES string of the molecule is COC(=O)c1ccc2c(c1)nc(-c1cccc(C(=O)N3CCCC3)c1)n2C. The number of ether oxygens (including phenoxy) is 1. The first-order valence-electron chi connectivity index (χ1n) is 9.03. The average Bonchev–Trinajstić information content (AvgIpc) is 3.35. The van der Waals surface area contributed by atoms with Gasteiger partial charge in [0.05, 0.1) is 23.7 Å². The molecule has 4 rings (SSSR count). The first kappa shape index (κ1) is 17.3. The summed E-state index contributed by atoms with van der Waals surface area (Å²) in [6.45, 7) is 1.65. The minimum Gasteiger partial charge on any atom is -0.465 e. The first-order valence-corrected chi connectivity index (χ1v) is 9.03. The molecule has 1 aliphatic rings. The monoisotopic (exact) mass is 363 g/mol. The summed E-state index contributed by atoms with van der Waals surface area (Å²) in [7, 11) is 3.29. The summed E-state index contributed by atoms with van der Waals surface area (Å²) in [4.78, 5) is 31.0. The van der Waals surface area contributed by atoms with Crippen LogP contribution in [-0.4, -0.2) is 46.5 Å². The van der Waals surface area contributed by atoms with Gasteiger partial charge in [0.25, 0.3) is 5.91 Å². The van der Waals surface area contributed by atoms with Crippen molar-refractivity contribution in [3.8, 4) is 11.4 Å². The minimum absolute atomic E-state index is 0.0705. The lowest BCUT2D eigenvalue weighted by Crippen LogP contribution is -2.27. The lowest BCUT2D eigenvalue weighted by molar-refractivity contribution is 0.0600. The van der Waals surface area contributed by atoms with E-state index in [-0.39, 0.29) is 11.9 Å². The third-order valence-corrected chi connectivity index (χ3v) is 5.06. The highest BCUT2D eigenvalue weighted by molar-refractivity contribution is 5.96. The van der Waals surface area contributed by atoms with Gasteiger partial charge in [0.15, 0.2) is 0 Å². The van der Waals surface area contributed by atoms with Gasteiger partial charge >= 0.3 is 5.97 Å². The maximum absolute atomic E-state index is 12.7. The fraction of sp³-hybridized carbons (Fsp3) is 0.286. The molecule has 0 N–H and O–H groups in total. The van der Waals surface area contributed by atoms with Crippen molar-refractivity contribution in [2.45, 2.75) is 12.8 Å². The Morgan fingerprint density at radius 3 is 2.56 bits per heavy atom. The zero-order chi connectivity index (χ0) is 19.0. The number of likely N-dealkylation sites (tertiary alicyclic amines) is 1. The second kappa shape index (κ2) is 6.87. The van der Waals surface area contributed by atoms with Crippen molar-refractivity contribution in [3.63, 3.8) is 0 Å². The van der Waals surface area contributed by atoms with Crippen molar-refractivity contribution < 1.29 is 14.3 Å². The molecule has 0 atom stereocenters. The number of benzene rings is 2. The van der Waals surface area contributed by atoms with Crippen molar-refractivity contribution in [3.05, 3.63) is 53.6 Å². The molecular formula is C21H21N3O3. The summed E-state index contributed by atoms with van der Waals surface area (Å²) >= 11 is 0. The highest BCUT2D eigenvalue weighted by Crippen LogP contribution is 2.26. The number of fused-ring (bicyclic) bond motifs is 1. The Morgan fingerprint density at radius 2 is 1.81 bits per heavy atom. The van der Waals surface area contributed by atoms with E-state index in [1.165, 1.54) is 7.11 Å². The first-order chi connectivity index (χ1) is 13.1. The highest BCUT2D eigenvalue weighted by atomic mass is 16.5. The van der Waals surface area contributed by atoms with Gasteiger partial charge in [0, 0.05) is 31.3 Å². The summed E-state index contributed by atoms with van der Waals surface area (Å²) in [5.74, 6) is 0.437. The third-order valence-electron chi connectivity index (χ3n) is 5.06. The third kappa shape index (κ3) is 3.07. The number of rotatable bonds is 3. The van der Waals surface area contributed by atoms with Crippen molar-refractivity contribution in [2.75, 3.05) is 20.2 Å². The van der Waals surface area contributed by atoms with Gasteiger partial charge in [0.2, 0.25) is 0 Å². The normalized spacial score (nSPS) is 13.9. The largest absolute Gasteiger partial charge is 0.465 e. The maximum Gasteiger partial charge on any atom is 0.337 e. The van der Waals surface area contributed by atoms with Gasteiger partial charge in [-0.05, 0) is 43.2 Å². The van der Waals surface area contributed by atoms with Crippen LogP contribution in [0.5, 0.6) is 0 Å². The summed E-state index contributed by atoms with van der Waals surface area (Å²) in [5, 5.41) is 0. The lowest BCUT2D eigenvalue weighted by atomic mass is 10.1. The number of carbonyl (C=O) groups excluding carboxylic acids is 2. The number of methoxy groups -OCH3 is 1. The number of carbonyl (C=O) groups is 2. The molecular weight excluding hydrogens is 342 g/mol. The number of amides is 1. The Balaban J connectivity index is 1.73. The molecule has 0 radical (unpaired) electrons. The molecule has 0 spiro atoms. The fourth-order valence-corrected chi connectivity index (χ4v) is 3.60. The Labute approximate surface area is 157 Å². The smallest absolute Gasteiger partial charge is 0.337 e. The van der Waals surface area contributed by atoms with E-state index < -0.39 is 0 Å². The number of hydrogen-bond donors (Lipinski definition) is 0. The van der Waals surface area contributed by atoms with E-state index in [0.29, 0.717) is 16.6 Å². The molecule has 0 unspecified atom stereocenters. The molecule has 0 bridgehead atoms. The van der Waals surface area contributed by atoms with E-state index in [9.17, 15) is 9.59 Å². The molecule has 0 saturated carbocycles. The van der Waals surface area contributed by atoms with Crippen molar-refractivity contribution in [1.29, 1.82) is 0 Å². The number of nitrogens with zero attached hydrogens (tertiary/aromatic N) is 3. The summed E-state index contributed by atoms with van der Waals surface area (Å²) < 4.78 is 6.75. The second-order valence-corrected chi connectivity index (χ2v) is 6.77. The van der Waals surface area contributed by atoms with E-state index in [0.717, 1.165) is 42.8 Å². The Kier molecular flexibility index (Phi) is 4.39. The summed E-state index contributed by atoms with van der Waals surface area (Å²) in [6, 6.07) is 12.9. The van der Waals surface area contributed by atoms with E-state index in [1.54, 1.807) is 12.1 Å². The number of aromatic nitrogens is 2. The van der Waals surface area contributed by atoms with Crippen molar-refractivity contribution >= 4 is 22.9 Å². The molecule has 2 aromatic carbocycles. The number of aryl methyl sites for hydroxylation is 1. The molecule has 1 amide bonds. The molecule has 1 saturated heterocycles. The van der Waals surface area contributed by atoms with Crippen LogP contribution in [0.15, 0.2) is 42.5 Å². The lowest BCUT2D eigenvalue weighted by Gasteiger charge is -2.15. The van der Waals surface area contributed by atoms with Gasteiger partial charge in [-0.3, -0.25) is 4.79 Å². The van der Waals surface area contributed by atoms with Crippen LogP contribution >= 0.6 is 0 Å². The van der Waals surface area contributed by atoms with Crippen molar-refractivity contribution in [1.82, 2.24) is 14.5 Å². The van der Waals surface area contributed by atoms with Crippen LogP contribution in [0.4, 0.5) is 0 Å². The second-order valence-electron chi connectivity index (χ2n) is 6.77. The van der Waals surface area contributed by atoms with E-state index in [4.69, 9.17) is 4.74 Å². The number of esters is 1. The maximum atomic E-state index is 12.7. The van der Waals surface area contributed by atoms with Gasteiger partial charge in [-0.25, -0.2) is 9.78 Å². The van der Waals surface area contributed by atoms with Crippen LogP contribution in [0, 0.1) is 0 Å². The average molecular weight is 363 g/mol. The molecule has 3 aromatic rings. The molecule has 2 heterocycles. The van der Waals surface area contributed by atoms with Gasteiger partial charge in [-0.15, -0.1) is 0 Å². The van der Waals surface area contributed by atoms with Crippen LogP contribution in [-0.2, 0) is 11.8 Å². The molecule has 1 aliphatic heterocycles. The standard InChI is InChI=1S/C21H21N3O3/c1-23-18-9-8-16(21(26)27-2)13-17(18)22-19(23)14-6-5-7-15(12-14)20(25)24-10-3-4-11-24/h5-9,12-13H,3-4,10-11H2,1-2H3. The number of hydrogen-bond acceptors (Lipinski definition) is 4. The Bertz CT molecular complexity index is 1030. The molecule has 27 heavy (non-hydrogen) atoms. The fourth-order valence-electron chi connectivity index (χ4n) is 3.60. The van der Waals surface area contributed by atoms with Crippen molar-refractivity contribution in [2.24, 2.45) is 7.05 Å². The predicted octanol–water partition coefficient (Wildman–Crippen LogP) is 3.26. The van der Waals surface area contributed by atoms with E-state index in [1.807, 2.05) is 46.8 Å². The van der Waals surface area contributed by atoms with Gasteiger partial charge in [-0.1, -0.05) is 12.1 Å². The molecule has 1 aromatic heterocycles. The van der Waals surface area contributed by atoms with Crippen LogP contribution in [0.25, 0.3) is 22.4 Å². The predicted molar refractivity (Wildman–Crippen MR) is 103 cm³/mol. The summed E-state index contributed by atoms with van der Waals surface area (Å²) in [6.07, 6.45) is 2.14. The zero-order valence-electron chi connectivity index (χ0n) is 15.4. The minimum atomic E-state index is -0.387. The van der Waals surface area contributed by atoms with Crippen LogP contribution < -0.4 is 0 Å². The number of imidazole rings is 1. The zero-order valence-corrected chi connectivity index (χ0v) is 15.4. The van der Waals surface area contributed by atoms with E-state index >= 15 is 0 Å². The Morgan fingerprint density at radius 1 is 1.04 bits per heavy atom. The highest BCUT2D eigenvalue weighted by Gasteiger charge is 2.20. The van der Waals surface area contributed by atoms with Gasteiger partial charge in [-0.2, -0.15) is 0 Å². The Hall–Kier alpha value is -3.15. The molecule has 6 heteroatoms. The topological polar surface area (TPSA) is 64.4 Å². The summed E-state index contributed by atoms with van der Waals surface area (Å²) in [5.41, 5.74) is 3.64. The van der Waals surface area contributed by atoms with Gasteiger partial charge in [0.1, 0.15) is 5.82 Å². The molecule has 6 nitrogen and oxygen atoms in total. The van der Waals surface area contributed by atoms with Crippen LogP contribution in [0.3, 0.4) is 0 Å². The van der Waals surface area contributed by atoms with E-state index in [2.05, 4.69) is 4.98 Å². The molecule has 0 aliphatic carbocycles.